The molecule has 4 heterocycles. The first kappa shape index (κ1) is 16.1. The van der Waals surface area contributed by atoms with E-state index in [9.17, 15) is 10.2 Å². The lowest BCUT2D eigenvalue weighted by molar-refractivity contribution is -0.0432. The van der Waals surface area contributed by atoms with Crippen LogP contribution in [0.25, 0.3) is 22.2 Å². The lowest BCUT2D eigenvalue weighted by atomic mass is 10.2. The quantitative estimate of drug-likeness (QED) is 0.512. The van der Waals surface area contributed by atoms with Gasteiger partial charge in [-0.3, -0.25) is 4.57 Å². The number of hydrogen-bond donors (Lipinski definition) is 2. The predicted octanol–water partition coefficient (Wildman–Crippen LogP) is 0.0538. The number of rotatable bonds is 4. The van der Waals surface area contributed by atoms with Crippen LogP contribution in [-0.2, 0) is 4.74 Å². The molecule has 1 aliphatic heterocycles. The number of aliphatic hydroxyl groups excluding tert-OH is 2. The Labute approximate surface area is 151 Å². The number of aliphatic hydroxyl groups is 2. The molecule has 5 rings (SSSR count). The van der Waals surface area contributed by atoms with Gasteiger partial charge in [0.15, 0.2) is 11.2 Å². The smallest absolute Gasteiger partial charge is 0.280 e. The van der Waals surface area contributed by atoms with Gasteiger partial charge in [0.2, 0.25) is 0 Å². The number of para-hydroxylation sites is 1. The number of nitrogens with zero attached hydrogens (tertiary/aromatic N) is 7. The number of ether oxygens (including phenoxy) is 1. The van der Waals surface area contributed by atoms with E-state index in [1.54, 1.807) is 10.9 Å². The minimum absolute atomic E-state index is 0.214. The third kappa shape index (κ3) is 2.60. The van der Waals surface area contributed by atoms with Crippen LogP contribution in [0.15, 0.2) is 36.9 Å². The Morgan fingerprint density at radius 1 is 1.22 bits per heavy atom. The van der Waals surface area contributed by atoms with Gasteiger partial charge in [0.1, 0.15) is 29.7 Å². The standard InChI is InChI=1S/C16H15N7O4/c24-6-12-11(25)5-13(26-12)22-8-19-14-15(22)17-7-18-16(14)27-23-10-4-2-1-3-9(10)20-21-23/h1-4,7-8,11-13,24-25H,5-6H2/t11-,12-,13-/m1/s1. The van der Waals surface area contributed by atoms with Gasteiger partial charge in [-0.05, 0) is 17.3 Å². The molecular formula is C16H15N7O4. The summed E-state index contributed by atoms with van der Waals surface area (Å²) in [5.41, 5.74) is 2.29. The Morgan fingerprint density at radius 3 is 2.96 bits per heavy atom. The molecule has 0 bridgehead atoms. The molecule has 138 valence electrons. The highest BCUT2D eigenvalue weighted by Crippen LogP contribution is 2.32. The minimum Gasteiger partial charge on any atom is -0.394 e. The van der Waals surface area contributed by atoms with Gasteiger partial charge in [-0.15, -0.1) is 5.10 Å². The molecule has 3 atom stereocenters. The maximum atomic E-state index is 9.96. The van der Waals surface area contributed by atoms with Crippen LogP contribution in [0.5, 0.6) is 5.88 Å². The van der Waals surface area contributed by atoms with Gasteiger partial charge in [-0.1, -0.05) is 17.0 Å². The van der Waals surface area contributed by atoms with Crippen molar-refractivity contribution in [3.05, 3.63) is 36.9 Å². The van der Waals surface area contributed by atoms with Crippen LogP contribution in [-0.4, -0.2) is 63.7 Å². The molecule has 1 aromatic carbocycles. The normalized spacial score (nSPS) is 22.7. The van der Waals surface area contributed by atoms with Gasteiger partial charge >= 0.3 is 0 Å². The Bertz CT molecular complexity index is 1110. The summed E-state index contributed by atoms with van der Waals surface area (Å²) in [5, 5.41) is 27.2. The largest absolute Gasteiger partial charge is 0.394 e. The number of hydrogen-bond acceptors (Lipinski definition) is 9. The van der Waals surface area contributed by atoms with Gasteiger partial charge in [0.25, 0.3) is 5.88 Å². The maximum Gasteiger partial charge on any atom is 0.280 e. The Hall–Kier alpha value is -3.15. The Morgan fingerprint density at radius 2 is 2.11 bits per heavy atom. The van der Waals surface area contributed by atoms with E-state index in [2.05, 4.69) is 25.3 Å². The van der Waals surface area contributed by atoms with E-state index in [1.807, 2.05) is 24.3 Å². The van der Waals surface area contributed by atoms with Crippen molar-refractivity contribution in [2.45, 2.75) is 24.9 Å². The molecule has 2 N–H and O–H groups in total. The summed E-state index contributed by atoms with van der Waals surface area (Å²) < 4.78 is 7.36. The molecule has 11 heteroatoms. The first-order valence-electron chi connectivity index (χ1n) is 8.35. The highest BCUT2D eigenvalue weighted by molar-refractivity contribution is 5.77. The first-order chi connectivity index (χ1) is 13.2. The molecule has 0 spiro atoms. The van der Waals surface area contributed by atoms with Gasteiger partial charge in [0.05, 0.1) is 19.0 Å². The predicted molar refractivity (Wildman–Crippen MR) is 90.5 cm³/mol. The van der Waals surface area contributed by atoms with Crippen LogP contribution in [0.2, 0.25) is 0 Å². The number of imidazole rings is 1. The highest BCUT2D eigenvalue weighted by atomic mass is 16.7. The second-order valence-corrected chi connectivity index (χ2v) is 6.16. The fraction of sp³-hybridized carbons (Fsp3) is 0.312. The lowest BCUT2D eigenvalue weighted by Gasteiger charge is -2.13. The monoisotopic (exact) mass is 369 g/mol. The number of aromatic nitrogens is 7. The molecule has 1 aliphatic rings. The average Bonchev–Trinajstić information content (AvgIpc) is 3.39. The summed E-state index contributed by atoms with van der Waals surface area (Å²) >= 11 is 0. The summed E-state index contributed by atoms with van der Waals surface area (Å²) in [6, 6.07) is 7.37. The van der Waals surface area contributed by atoms with Gasteiger partial charge in [0, 0.05) is 6.42 Å². The van der Waals surface area contributed by atoms with Crippen molar-refractivity contribution in [1.29, 1.82) is 0 Å². The van der Waals surface area contributed by atoms with Crippen molar-refractivity contribution < 1.29 is 19.8 Å². The molecular weight excluding hydrogens is 354 g/mol. The van der Waals surface area contributed by atoms with Crippen LogP contribution in [0.1, 0.15) is 12.6 Å². The van der Waals surface area contributed by atoms with E-state index < -0.39 is 18.4 Å². The van der Waals surface area contributed by atoms with Crippen molar-refractivity contribution in [2.75, 3.05) is 6.61 Å². The summed E-state index contributed by atoms with van der Waals surface area (Å²) in [6.07, 6.45) is 1.34. The minimum atomic E-state index is -0.753. The van der Waals surface area contributed by atoms with E-state index in [0.717, 1.165) is 0 Å². The topological polar surface area (TPSA) is 133 Å². The molecule has 0 unspecified atom stereocenters. The molecule has 27 heavy (non-hydrogen) atoms. The highest BCUT2D eigenvalue weighted by Gasteiger charge is 2.35. The van der Waals surface area contributed by atoms with Crippen molar-refractivity contribution in [3.63, 3.8) is 0 Å². The molecule has 0 radical (unpaired) electrons. The van der Waals surface area contributed by atoms with Gasteiger partial charge in [-0.2, -0.15) is 4.98 Å². The van der Waals surface area contributed by atoms with Crippen LogP contribution < -0.4 is 4.84 Å². The van der Waals surface area contributed by atoms with Crippen LogP contribution in [0.3, 0.4) is 0 Å². The molecule has 4 aromatic rings. The lowest BCUT2D eigenvalue weighted by Crippen LogP contribution is -2.24. The van der Waals surface area contributed by atoms with Crippen molar-refractivity contribution in [1.82, 2.24) is 34.7 Å². The molecule has 0 amide bonds. The fourth-order valence-electron chi connectivity index (χ4n) is 3.16. The zero-order chi connectivity index (χ0) is 18.4. The summed E-state index contributed by atoms with van der Waals surface area (Å²) in [4.78, 5) is 19.8. The first-order valence-corrected chi connectivity index (χ1v) is 8.35. The molecule has 0 aliphatic carbocycles. The van der Waals surface area contributed by atoms with Crippen molar-refractivity contribution in [3.8, 4) is 5.88 Å². The number of fused-ring (bicyclic) bond motifs is 2. The van der Waals surface area contributed by atoms with E-state index in [1.165, 1.54) is 11.2 Å². The summed E-state index contributed by atoms with van der Waals surface area (Å²) in [7, 11) is 0. The van der Waals surface area contributed by atoms with E-state index in [4.69, 9.17) is 9.57 Å². The molecule has 1 saturated heterocycles. The van der Waals surface area contributed by atoms with Gasteiger partial charge < -0.3 is 19.8 Å². The molecule has 3 aromatic heterocycles. The average molecular weight is 369 g/mol. The maximum absolute atomic E-state index is 9.96. The zero-order valence-corrected chi connectivity index (χ0v) is 14.0. The zero-order valence-electron chi connectivity index (χ0n) is 14.0. The SMILES string of the molecule is OC[C@H]1O[C@@H](n2cnc3c(On4nnc5ccccc54)ncnc32)C[C@H]1O. The van der Waals surface area contributed by atoms with Crippen LogP contribution in [0, 0.1) is 0 Å². The number of benzene rings is 1. The molecule has 11 nitrogen and oxygen atoms in total. The molecule has 0 saturated carbocycles. The van der Waals surface area contributed by atoms with Crippen molar-refractivity contribution in [2.24, 2.45) is 0 Å². The molecule has 1 fully saturated rings. The third-order valence-corrected chi connectivity index (χ3v) is 4.51. The van der Waals surface area contributed by atoms with Crippen LogP contribution in [0.4, 0.5) is 0 Å². The van der Waals surface area contributed by atoms with Gasteiger partial charge in [-0.25, -0.2) is 9.97 Å². The second-order valence-electron chi connectivity index (χ2n) is 6.16. The fourth-order valence-corrected chi connectivity index (χ4v) is 3.16. The summed E-state index contributed by atoms with van der Waals surface area (Å²) in [6.45, 7) is -0.257. The van der Waals surface area contributed by atoms with E-state index in [0.29, 0.717) is 28.6 Å². The van der Waals surface area contributed by atoms with E-state index >= 15 is 0 Å². The van der Waals surface area contributed by atoms with Crippen LogP contribution >= 0.6 is 0 Å². The van der Waals surface area contributed by atoms with E-state index in [-0.39, 0.29) is 12.5 Å². The Kier molecular flexibility index (Phi) is 3.70. The Balaban J connectivity index is 1.51. The van der Waals surface area contributed by atoms with Crippen molar-refractivity contribution >= 4 is 22.2 Å². The second kappa shape index (κ2) is 6.23. The third-order valence-electron chi connectivity index (χ3n) is 4.51. The summed E-state index contributed by atoms with van der Waals surface area (Å²) in [5.74, 6) is 0.214.